The number of nitrogens with zero attached hydrogens (tertiary/aromatic N) is 1. The molecular weight excluding hydrogens is 456 g/mol. The van der Waals surface area contributed by atoms with Crippen molar-refractivity contribution in [2.24, 2.45) is 0 Å². The van der Waals surface area contributed by atoms with Crippen LogP contribution in [0.25, 0.3) is 0 Å². The Labute approximate surface area is 203 Å². The van der Waals surface area contributed by atoms with Crippen molar-refractivity contribution in [1.29, 1.82) is 0 Å². The quantitative estimate of drug-likeness (QED) is 0.439. The van der Waals surface area contributed by atoms with E-state index in [1.54, 1.807) is 7.11 Å². The lowest BCUT2D eigenvalue weighted by molar-refractivity contribution is 0.0137. The molecule has 0 aliphatic carbocycles. The molecule has 2 N–H and O–H groups in total. The Morgan fingerprint density at radius 3 is 2.37 bits per heavy atom. The Bertz CT molecular complexity index is 1180. The van der Waals surface area contributed by atoms with Crippen molar-refractivity contribution in [3.63, 3.8) is 0 Å². The molecule has 0 saturated carbocycles. The number of hydrogen-bond acceptors (Lipinski definition) is 10. The van der Waals surface area contributed by atoms with Gasteiger partial charge in [0.05, 0.1) is 49.8 Å². The summed E-state index contributed by atoms with van der Waals surface area (Å²) >= 11 is 0. The molecule has 3 aliphatic rings. The number of nitrogens with two attached hydrogens (primary N) is 1. The molecule has 0 amide bonds. The highest BCUT2D eigenvalue weighted by molar-refractivity contribution is 6.03. The molecule has 35 heavy (non-hydrogen) atoms. The van der Waals surface area contributed by atoms with Crippen LogP contribution in [0.1, 0.15) is 60.0 Å². The monoisotopic (exact) mass is 486 g/mol. The zero-order valence-electron chi connectivity index (χ0n) is 20.6. The number of anilines is 1. The van der Waals surface area contributed by atoms with Gasteiger partial charge in [0.1, 0.15) is 0 Å². The maximum atomic E-state index is 13.2. The van der Waals surface area contributed by atoms with Crippen molar-refractivity contribution in [2.45, 2.75) is 39.5 Å². The second-order valence-electron chi connectivity index (χ2n) is 8.39. The molecule has 0 bridgehead atoms. The molecule has 2 unspecified atom stereocenters. The number of likely N-dealkylation sites (N-methyl/N-ethyl adjacent to an activating group) is 1. The lowest BCUT2D eigenvalue weighted by atomic mass is 9.91. The van der Waals surface area contributed by atoms with Gasteiger partial charge < -0.3 is 38.9 Å². The number of methoxy groups -OCH3 is 1. The van der Waals surface area contributed by atoms with Crippen molar-refractivity contribution < 1.29 is 38.0 Å². The zero-order chi connectivity index (χ0) is 24.9. The molecule has 3 aliphatic heterocycles. The first-order valence-corrected chi connectivity index (χ1v) is 11.7. The van der Waals surface area contributed by atoms with Gasteiger partial charge in [-0.15, -0.1) is 0 Å². The van der Waals surface area contributed by atoms with Crippen LogP contribution < -0.4 is 34.2 Å². The molecule has 188 valence electrons. The third kappa shape index (κ3) is 3.38. The van der Waals surface area contributed by atoms with E-state index >= 15 is 0 Å². The van der Waals surface area contributed by atoms with Crippen LogP contribution in [0, 0.1) is 0 Å². The third-order valence-electron chi connectivity index (χ3n) is 6.45. The number of esters is 1. The number of benzene rings is 2. The van der Waals surface area contributed by atoms with Crippen molar-refractivity contribution >= 4 is 11.7 Å². The van der Waals surface area contributed by atoms with Crippen molar-refractivity contribution in [2.75, 3.05) is 46.5 Å². The molecular formula is C25H30N2O8. The molecule has 0 saturated heterocycles. The molecule has 0 spiro atoms. The van der Waals surface area contributed by atoms with Gasteiger partial charge in [0, 0.05) is 12.1 Å². The summed E-state index contributed by atoms with van der Waals surface area (Å²) in [6.45, 7) is 7.35. The molecule has 2 aromatic carbocycles. The van der Waals surface area contributed by atoms with E-state index in [0.29, 0.717) is 60.7 Å². The van der Waals surface area contributed by atoms with Crippen LogP contribution in [-0.4, -0.2) is 51.6 Å². The number of carbonyl (C=O) groups excluding carboxylic acids is 1. The number of hydrogen-bond donors (Lipinski definition) is 1. The highest BCUT2D eigenvalue weighted by Gasteiger charge is 2.50. The molecule has 10 heteroatoms. The summed E-state index contributed by atoms with van der Waals surface area (Å²) < 4.78 is 41.0. The highest BCUT2D eigenvalue weighted by Crippen LogP contribution is 2.60. The van der Waals surface area contributed by atoms with E-state index in [-0.39, 0.29) is 29.8 Å². The average molecular weight is 487 g/mol. The molecule has 0 fully saturated rings. The van der Waals surface area contributed by atoms with Gasteiger partial charge in [-0.1, -0.05) is 0 Å². The lowest BCUT2D eigenvalue weighted by Crippen LogP contribution is -2.24. The highest BCUT2D eigenvalue weighted by atomic mass is 16.7. The standard InChI is InChI=1S/C25H30N2O8/c1-6-30-22-16-15(17(26)23(31-7-2)24(22)32-8-3)25(28)35-20(16)18-14-12(10-27(18)4)9-13-19(21(14)29-5)34-11-33-13/h9,18,20H,6-8,10-11,26H2,1-5H3. The van der Waals surface area contributed by atoms with Crippen LogP contribution in [0.15, 0.2) is 6.07 Å². The number of rotatable bonds is 8. The van der Waals surface area contributed by atoms with E-state index in [0.717, 1.165) is 11.1 Å². The van der Waals surface area contributed by atoms with Crippen LogP contribution >= 0.6 is 0 Å². The van der Waals surface area contributed by atoms with Crippen LogP contribution in [0.5, 0.6) is 34.5 Å². The Morgan fingerprint density at radius 2 is 1.69 bits per heavy atom. The predicted octanol–water partition coefficient (Wildman–Crippen LogP) is 3.60. The summed E-state index contributed by atoms with van der Waals surface area (Å²) in [5.41, 5.74) is 9.34. The summed E-state index contributed by atoms with van der Waals surface area (Å²) in [6, 6.07) is 1.57. The van der Waals surface area contributed by atoms with Crippen LogP contribution in [-0.2, 0) is 11.3 Å². The van der Waals surface area contributed by atoms with Crippen LogP contribution in [0.3, 0.4) is 0 Å². The number of fused-ring (bicyclic) bond motifs is 3. The fourth-order valence-electron chi connectivity index (χ4n) is 5.22. The molecule has 0 radical (unpaired) electrons. The lowest BCUT2D eigenvalue weighted by Gasteiger charge is -2.29. The SMILES string of the molecule is CCOc1c(N)c2c(c(OCC)c1OCC)C(C1c3c(cc4c(c3OC)OCO4)CN1C)OC2=O. The summed E-state index contributed by atoms with van der Waals surface area (Å²) in [4.78, 5) is 15.3. The van der Waals surface area contributed by atoms with E-state index in [1.165, 1.54) is 0 Å². The van der Waals surface area contributed by atoms with E-state index in [2.05, 4.69) is 4.90 Å². The van der Waals surface area contributed by atoms with Crippen LogP contribution in [0.2, 0.25) is 0 Å². The summed E-state index contributed by atoms with van der Waals surface area (Å²) in [5, 5.41) is 0. The summed E-state index contributed by atoms with van der Waals surface area (Å²) in [7, 11) is 3.55. The van der Waals surface area contributed by atoms with E-state index in [4.69, 9.17) is 38.9 Å². The maximum absolute atomic E-state index is 13.2. The normalized spacial score (nSPS) is 19.9. The van der Waals surface area contributed by atoms with Gasteiger partial charge in [-0.25, -0.2) is 4.79 Å². The van der Waals surface area contributed by atoms with Gasteiger partial charge >= 0.3 is 5.97 Å². The fraction of sp³-hybridized carbons (Fsp3) is 0.480. The number of cyclic esters (lactones) is 1. The van der Waals surface area contributed by atoms with Gasteiger partial charge in [-0.05, 0) is 39.4 Å². The fourth-order valence-corrected chi connectivity index (χ4v) is 5.22. The minimum atomic E-state index is -0.725. The van der Waals surface area contributed by atoms with E-state index < -0.39 is 12.1 Å². The maximum Gasteiger partial charge on any atom is 0.341 e. The largest absolute Gasteiger partial charge is 0.492 e. The smallest absolute Gasteiger partial charge is 0.341 e. The van der Waals surface area contributed by atoms with Gasteiger partial charge in [-0.2, -0.15) is 0 Å². The van der Waals surface area contributed by atoms with E-state index in [1.807, 2.05) is 33.9 Å². The summed E-state index contributed by atoms with van der Waals surface area (Å²) in [6.07, 6.45) is -0.725. The third-order valence-corrected chi connectivity index (χ3v) is 6.45. The van der Waals surface area contributed by atoms with E-state index in [9.17, 15) is 4.79 Å². The minimum Gasteiger partial charge on any atom is -0.492 e. The van der Waals surface area contributed by atoms with Crippen LogP contribution in [0.4, 0.5) is 5.69 Å². The Balaban J connectivity index is 1.74. The molecule has 0 aromatic heterocycles. The van der Waals surface area contributed by atoms with Gasteiger partial charge in [0.15, 0.2) is 29.1 Å². The minimum absolute atomic E-state index is 0.124. The molecule has 2 atom stereocenters. The molecule has 2 aromatic rings. The Morgan fingerprint density at radius 1 is 1.00 bits per heavy atom. The first kappa shape index (κ1) is 23.2. The van der Waals surface area contributed by atoms with Crippen molar-refractivity contribution in [3.05, 3.63) is 28.3 Å². The molecule has 5 rings (SSSR count). The summed E-state index contributed by atoms with van der Waals surface area (Å²) in [5.74, 6) is 2.27. The second-order valence-corrected chi connectivity index (χ2v) is 8.39. The molecule has 10 nitrogen and oxygen atoms in total. The second kappa shape index (κ2) is 8.92. The van der Waals surface area contributed by atoms with Gasteiger partial charge in [0.2, 0.25) is 18.3 Å². The Hall–Kier alpha value is -3.53. The van der Waals surface area contributed by atoms with Crippen molar-refractivity contribution in [3.8, 4) is 34.5 Å². The number of nitrogen functional groups attached to an aromatic ring is 1. The number of carbonyl (C=O) groups is 1. The number of ether oxygens (including phenoxy) is 7. The molecule has 3 heterocycles. The van der Waals surface area contributed by atoms with Crippen molar-refractivity contribution in [1.82, 2.24) is 4.90 Å². The van der Waals surface area contributed by atoms with Gasteiger partial charge in [-0.3, -0.25) is 4.90 Å². The first-order chi connectivity index (χ1) is 17.0. The predicted molar refractivity (Wildman–Crippen MR) is 126 cm³/mol. The first-order valence-electron chi connectivity index (χ1n) is 11.7. The topological polar surface area (TPSA) is 111 Å². The average Bonchev–Trinajstić information content (AvgIpc) is 3.52. The Kier molecular flexibility index (Phi) is 5.92. The zero-order valence-corrected chi connectivity index (χ0v) is 20.6. The van der Waals surface area contributed by atoms with Gasteiger partial charge in [0.25, 0.3) is 0 Å².